The number of piperidine rings is 1. The highest BCUT2D eigenvalue weighted by Crippen LogP contribution is 2.17. The molecule has 0 aromatic heterocycles. The van der Waals surface area contributed by atoms with Crippen LogP contribution in [-0.2, 0) is 4.79 Å². The number of nitrogens with two attached hydrogens (primary N) is 1. The number of rotatable bonds is 5. The van der Waals surface area contributed by atoms with E-state index in [1.54, 1.807) is 0 Å². The molecule has 1 atom stereocenters. The van der Waals surface area contributed by atoms with E-state index in [1.807, 2.05) is 25.8 Å². The van der Waals surface area contributed by atoms with Gasteiger partial charge in [0.25, 0.3) is 0 Å². The van der Waals surface area contributed by atoms with E-state index in [9.17, 15) is 4.79 Å². The van der Waals surface area contributed by atoms with E-state index in [0.29, 0.717) is 6.04 Å². The molecule has 2 N–H and O–H groups in total. The van der Waals surface area contributed by atoms with E-state index in [1.165, 1.54) is 13.0 Å². The molecule has 106 valence electrons. The number of hydrogen-bond donors (Lipinski definition) is 1. The Kier molecular flexibility index (Phi) is 6.09. The minimum atomic E-state index is -0.358. The summed E-state index contributed by atoms with van der Waals surface area (Å²) in [5, 5.41) is 0. The molecule has 1 saturated heterocycles. The highest BCUT2D eigenvalue weighted by Gasteiger charge is 2.28. The molecule has 0 radical (unpaired) electrons. The summed E-state index contributed by atoms with van der Waals surface area (Å²) in [4.78, 5) is 16.5. The van der Waals surface area contributed by atoms with Gasteiger partial charge in [-0.15, -0.1) is 0 Å². The summed E-state index contributed by atoms with van der Waals surface area (Å²) >= 11 is 0. The second kappa shape index (κ2) is 7.10. The molecule has 1 aliphatic heterocycles. The standard InChI is InChI=1S/C14H29N3O/c1-5-8-17-9-6-12(7-10-17)16(4)14(18)13(15)11(2)3/h11-13H,5-10,15H2,1-4H3/t13-/m0/s1. The molecule has 1 amide bonds. The maximum Gasteiger partial charge on any atom is 0.239 e. The first-order chi connectivity index (χ1) is 8.47. The van der Waals surface area contributed by atoms with E-state index in [0.717, 1.165) is 25.9 Å². The van der Waals surface area contributed by atoms with Crippen LogP contribution < -0.4 is 5.73 Å². The predicted octanol–water partition coefficient (Wildman–Crippen LogP) is 1.30. The van der Waals surface area contributed by atoms with Gasteiger partial charge in [-0.2, -0.15) is 0 Å². The molecule has 0 aromatic carbocycles. The molecule has 0 bridgehead atoms. The number of likely N-dealkylation sites (N-methyl/N-ethyl adjacent to an activating group) is 1. The Morgan fingerprint density at radius 1 is 1.39 bits per heavy atom. The van der Waals surface area contributed by atoms with Crippen LogP contribution in [0.25, 0.3) is 0 Å². The Hall–Kier alpha value is -0.610. The number of carbonyl (C=O) groups is 1. The van der Waals surface area contributed by atoms with Crippen LogP contribution in [0, 0.1) is 5.92 Å². The van der Waals surface area contributed by atoms with Gasteiger partial charge in [0.05, 0.1) is 6.04 Å². The van der Waals surface area contributed by atoms with Crippen molar-refractivity contribution in [3.05, 3.63) is 0 Å². The van der Waals surface area contributed by atoms with Crippen molar-refractivity contribution in [2.45, 2.75) is 52.1 Å². The zero-order valence-electron chi connectivity index (χ0n) is 12.4. The molecule has 1 aliphatic rings. The molecule has 0 unspecified atom stereocenters. The van der Waals surface area contributed by atoms with Crippen molar-refractivity contribution in [3.63, 3.8) is 0 Å². The van der Waals surface area contributed by atoms with Gasteiger partial charge in [0.15, 0.2) is 0 Å². The summed E-state index contributed by atoms with van der Waals surface area (Å²) < 4.78 is 0. The molecule has 18 heavy (non-hydrogen) atoms. The average molecular weight is 255 g/mol. The zero-order chi connectivity index (χ0) is 13.7. The molecule has 0 spiro atoms. The highest BCUT2D eigenvalue weighted by molar-refractivity contribution is 5.81. The van der Waals surface area contributed by atoms with E-state index in [2.05, 4.69) is 11.8 Å². The molecule has 0 aliphatic carbocycles. The highest BCUT2D eigenvalue weighted by atomic mass is 16.2. The molecule has 4 nitrogen and oxygen atoms in total. The molecular formula is C14H29N3O. The van der Waals surface area contributed by atoms with Gasteiger partial charge in [0, 0.05) is 26.2 Å². The van der Waals surface area contributed by atoms with Crippen molar-refractivity contribution in [3.8, 4) is 0 Å². The van der Waals surface area contributed by atoms with Gasteiger partial charge >= 0.3 is 0 Å². The first-order valence-corrected chi connectivity index (χ1v) is 7.22. The third-order valence-corrected chi connectivity index (χ3v) is 4.00. The fraction of sp³-hybridized carbons (Fsp3) is 0.929. The van der Waals surface area contributed by atoms with Gasteiger partial charge in [0.1, 0.15) is 0 Å². The van der Waals surface area contributed by atoms with Gasteiger partial charge in [0.2, 0.25) is 5.91 Å². The third-order valence-electron chi connectivity index (χ3n) is 4.00. The molecule has 1 heterocycles. The lowest BCUT2D eigenvalue weighted by Crippen LogP contribution is -2.51. The minimum Gasteiger partial charge on any atom is -0.341 e. The smallest absolute Gasteiger partial charge is 0.239 e. The van der Waals surface area contributed by atoms with Crippen molar-refractivity contribution < 1.29 is 4.79 Å². The molecule has 4 heteroatoms. The fourth-order valence-electron chi connectivity index (χ4n) is 2.55. The van der Waals surface area contributed by atoms with Gasteiger partial charge in [-0.05, 0) is 31.7 Å². The summed E-state index contributed by atoms with van der Waals surface area (Å²) in [7, 11) is 1.91. The van der Waals surface area contributed by atoms with E-state index in [4.69, 9.17) is 5.73 Å². The van der Waals surface area contributed by atoms with Crippen LogP contribution in [0.4, 0.5) is 0 Å². The summed E-state index contributed by atoms with van der Waals surface area (Å²) in [5.74, 6) is 0.305. The molecular weight excluding hydrogens is 226 g/mol. The van der Waals surface area contributed by atoms with Crippen LogP contribution in [0.1, 0.15) is 40.0 Å². The predicted molar refractivity (Wildman–Crippen MR) is 75.3 cm³/mol. The van der Waals surface area contributed by atoms with Crippen LogP contribution in [-0.4, -0.2) is 54.5 Å². The zero-order valence-corrected chi connectivity index (χ0v) is 12.4. The van der Waals surface area contributed by atoms with Gasteiger partial charge in [-0.3, -0.25) is 4.79 Å². The molecule has 1 rings (SSSR count). The molecule has 0 saturated carbocycles. The topological polar surface area (TPSA) is 49.6 Å². The lowest BCUT2D eigenvalue weighted by molar-refractivity contribution is -0.135. The van der Waals surface area contributed by atoms with E-state index < -0.39 is 0 Å². The summed E-state index contributed by atoms with van der Waals surface area (Å²) in [6, 6.07) is 0.0130. The lowest BCUT2D eigenvalue weighted by atomic mass is 9.99. The second-order valence-corrected chi connectivity index (χ2v) is 5.79. The van der Waals surface area contributed by atoms with Crippen molar-refractivity contribution in [1.29, 1.82) is 0 Å². The van der Waals surface area contributed by atoms with Crippen LogP contribution in [0.5, 0.6) is 0 Å². The van der Waals surface area contributed by atoms with Crippen LogP contribution in [0.3, 0.4) is 0 Å². The fourth-order valence-corrected chi connectivity index (χ4v) is 2.55. The normalized spacial score (nSPS) is 20.1. The Balaban J connectivity index is 2.44. The van der Waals surface area contributed by atoms with Gasteiger partial charge < -0.3 is 15.5 Å². The third kappa shape index (κ3) is 3.95. The van der Waals surface area contributed by atoms with Gasteiger partial charge in [-0.1, -0.05) is 20.8 Å². The number of carbonyl (C=O) groups excluding carboxylic acids is 1. The van der Waals surface area contributed by atoms with E-state index >= 15 is 0 Å². The Morgan fingerprint density at radius 3 is 2.39 bits per heavy atom. The van der Waals surface area contributed by atoms with Crippen molar-refractivity contribution in [2.75, 3.05) is 26.7 Å². The first kappa shape index (κ1) is 15.4. The number of hydrogen-bond acceptors (Lipinski definition) is 3. The average Bonchev–Trinajstić information content (AvgIpc) is 2.37. The Bertz CT molecular complexity index is 260. The Morgan fingerprint density at radius 2 is 1.94 bits per heavy atom. The quantitative estimate of drug-likeness (QED) is 0.805. The molecule has 0 aromatic rings. The first-order valence-electron chi connectivity index (χ1n) is 7.22. The van der Waals surface area contributed by atoms with Gasteiger partial charge in [-0.25, -0.2) is 0 Å². The summed E-state index contributed by atoms with van der Waals surface area (Å²) in [6.45, 7) is 9.60. The minimum absolute atomic E-state index is 0.0962. The number of nitrogens with zero attached hydrogens (tertiary/aromatic N) is 2. The second-order valence-electron chi connectivity index (χ2n) is 5.79. The van der Waals surface area contributed by atoms with Crippen LogP contribution in [0.2, 0.25) is 0 Å². The number of likely N-dealkylation sites (tertiary alicyclic amines) is 1. The largest absolute Gasteiger partial charge is 0.341 e. The van der Waals surface area contributed by atoms with Crippen molar-refractivity contribution in [1.82, 2.24) is 9.80 Å². The van der Waals surface area contributed by atoms with Crippen molar-refractivity contribution in [2.24, 2.45) is 11.7 Å². The van der Waals surface area contributed by atoms with E-state index in [-0.39, 0.29) is 17.9 Å². The summed E-state index contributed by atoms with van der Waals surface area (Å²) in [6.07, 6.45) is 3.36. The SMILES string of the molecule is CCCN1CCC(N(C)C(=O)[C@@H](N)C(C)C)CC1. The summed E-state index contributed by atoms with van der Waals surface area (Å²) in [5.41, 5.74) is 5.94. The monoisotopic (exact) mass is 255 g/mol. The van der Waals surface area contributed by atoms with Crippen LogP contribution >= 0.6 is 0 Å². The number of amides is 1. The maximum atomic E-state index is 12.2. The van der Waals surface area contributed by atoms with Crippen molar-refractivity contribution >= 4 is 5.91 Å². The Labute approximate surface area is 111 Å². The molecule has 1 fully saturated rings. The maximum absolute atomic E-state index is 12.2. The lowest BCUT2D eigenvalue weighted by Gasteiger charge is -2.38. The van der Waals surface area contributed by atoms with Crippen LogP contribution in [0.15, 0.2) is 0 Å².